The molecule has 5 heteroatoms. The maximum absolute atomic E-state index is 11.7. The van der Waals surface area contributed by atoms with E-state index >= 15 is 0 Å². The zero-order chi connectivity index (χ0) is 16.1. The van der Waals surface area contributed by atoms with Crippen LogP contribution >= 0.6 is 11.3 Å². The van der Waals surface area contributed by atoms with Crippen LogP contribution in [0.1, 0.15) is 31.2 Å². The van der Waals surface area contributed by atoms with Gasteiger partial charge in [0.2, 0.25) is 5.91 Å². The molecule has 0 saturated carbocycles. The molecule has 0 bridgehead atoms. The van der Waals surface area contributed by atoms with Gasteiger partial charge in [-0.2, -0.15) is 0 Å². The number of benzene rings is 1. The van der Waals surface area contributed by atoms with Crippen LogP contribution in [0.3, 0.4) is 0 Å². The van der Waals surface area contributed by atoms with Crippen molar-refractivity contribution in [1.29, 1.82) is 0 Å². The minimum atomic E-state index is 0.0685. The molecular formula is C18H25N3OS. The highest BCUT2D eigenvalue weighted by molar-refractivity contribution is 7.17. The molecule has 1 fully saturated rings. The molecule has 0 aliphatic carbocycles. The number of hydrogen-bond acceptors (Lipinski definition) is 4. The highest BCUT2D eigenvalue weighted by Crippen LogP contribution is 2.28. The third kappa shape index (κ3) is 4.10. The molecule has 1 unspecified atom stereocenters. The number of carbonyl (C=O) groups is 1. The average molecular weight is 331 g/mol. The van der Waals surface area contributed by atoms with Crippen LogP contribution in [0, 0.1) is 0 Å². The smallest absolute Gasteiger partial charge is 0.221 e. The standard InChI is InChI=1S/C18H25N3OS/c19-9-8-18(22)20-11-15-5-3-4-10-21(15)12-14-13-23-17-7-2-1-6-16(14)17/h1-2,6-7,13,15H,3-5,8-12,19H2,(H,20,22). The van der Waals surface area contributed by atoms with E-state index < -0.39 is 0 Å². The number of hydrogen-bond donors (Lipinski definition) is 2. The molecule has 3 rings (SSSR count). The lowest BCUT2D eigenvalue weighted by Crippen LogP contribution is -2.46. The van der Waals surface area contributed by atoms with Gasteiger partial charge in [0, 0.05) is 36.8 Å². The summed E-state index contributed by atoms with van der Waals surface area (Å²) >= 11 is 1.82. The van der Waals surface area contributed by atoms with Crippen molar-refractivity contribution in [3.8, 4) is 0 Å². The topological polar surface area (TPSA) is 58.4 Å². The molecule has 23 heavy (non-hydrogen) atoms. The number of carbonyl (C=O) groups excluding carboxylic acids is 1. The second-order valence-electron chi connectivity index (χ2n) is 6.22. The highest BCUT2D eigenvalue weighted by Gasteiger charge is 2.23. The van der Waals surface area contributed by atoms with Crippen LogP contribution in [0.2, 0.25) is 0 Å². The van der Waals surface area contributed by atoms with Crippen LogP contribution < -0.4 is 11.1 Å². The summed E-state index contributed by atoms with van der Waals surface area (Å²) in [5, 5.41) is 6.69. The lowest BCUT2D eigenvalue weighted by atomic mass is 10.0. The summed E-state index contributed by atoms with van der Waals surface area (Å²) in [5.41, 5.74) is 6.85. The monoisotopic (exact) mass is 331 g/mol. The minimum absolute atomic E-state index is 0.0685. The number of rotatable bonds is 6. The first-order valence-electron chi connectivity index (χ1n) is 8.44. The van der Waals surface area contributed by atoms with Crippen LogP contribution in [0.15, 0.2) is 29.6 Å². The van der Waals surface area contributed by atoms with Crippen LogP contribution in [-0.4, -0.2) is 36.5 Å². The van der Waals surface area contributed by atoms with Crippen LogP contribution in [0.25, 0.3) is 10.1 Å². The summed E-state index contributed by atoms with van der Waals surface area (Å²) in [6.45, 7) is 3.24. The number of thiophene rings is 1. The first-order chi connectivity index (χ1) is 11.3. The number of nitrogens with one attached hydrogen (secondary N) is 1. The van der Waals surface area contributed by atoms with Crippen LogP contribution in [-0.2, 0) is 11.3 Å². The summed E-state index contributed by atoms with van der Waals surface area (Å²) in [4.78, 5) is 14.2. The maximum atomic E-state index is 11.7. The molecule has 1 saturated heterocycles. The fraction of sp³-hybridized carbons (Fsp3) is 0.500. The molecule has 2 heterocycles. The van der Waals surface area contributed by atoms with Crippen molar-refractivity contribution in [2.24, 2.45) is 5.73 Å². The molecule has 1 atom stereocenters. The van der Waals surface area contributed by atoms with E-state index in [1.54, 1.807) is 0 Å². The third-order valence-corrected chi connectivity index (χ3v) is 5.60. The SMILES string of the molecule is NCCC(=O)NCC1CCCCN1Cc1csc2ccccc12. The van der Waals surface area contributed by atoms with Crippen molar-refractivity contribution >= 4 is 27.3 Å². The van der Waals surface area contributed by atoms with Crippen molar-refractivity contribution < 1.29 is 4.79 Å². The van der Waals surface area contributed by atoms with E-state index in [1.807, 2.05) is 11.3 Å². The van der Waals surface area contributed by atoms with Gasteiger partial charge in [-0.3, -0.25) is 9.69 Å². The Morgan fingerprint density at radius 2 is 2.22 bits per heavy atom. The third-order valence-electron chi connectivity index (χ3n) is 4.59. The van der Waals surface area contributed by atoms with Crippen LogP contribution in [0.5, 0.6) is 0 Å². The average Bonchev–Trinajstić information content (AvgIpc) is 2.98. The molecule has 1 aromatic carbocycles. The minimum Gasteiger partial charge on any atom is -0.354 e. The van der Waals surface area contributed by atoms with Gasteiger partial charge < -0.3 is 11.1 Å². The summed E-state index contributed by atoms with van der Waals surface area (Å²) < 4.78 is 1.35. The molecule has 0 radical (unpaired) electrons. The van der Waals surface area contributed by atoms with E-state index in [4.69, 9.17) is 5.73 Å². The second-order valence-corrected chi connectivity index (χ2v) is 7.13. The van der Waals surface area contributed by atoms with Crippen LogP contribution in [0.4, 0.5) is 0 Å². The van der Waals surface area contributed by atoms with Gasteiger partial charge in [0.05, 0.1) is 0 Å². The Kier molecular flexibility index (Phi) is 5.65. The van der Waals surface area contributed by atoms with Gasteiger partial charge in [-0.1, -0.05) is 24.6 Å². The summed E-state index contributed by atoms with van der Waals surface area (Å²) in [6, 6.07) is 9.04. The van der Waals surface area contributed by atoms with Gasteiger partial charge in [-0.05, 0) is 41.8 Å². The Balaban J connectivity index is 1.65. The lowest BCUT2D eigenvalue weighted by molar-refractivity contribution is -0.121. The van der Waals surface area contributed by atoms with E-state index in [-0.39, 0.29) is 5.91 Å². The van der Waals surface area contributed by atoms with E-state index in [0.717, 1.165) is 26.1 Å². The maximum Gasteiger partial charge on any atom is 0.221 e. The Labute approximate surface area is 141 Å². The predicted octanol–water partition coefficient (Wildman–Crippen LogP) is 2.72. The quantitative estimate of drug-likeness (QED) is 0.856. The zero-order valence-corrected chi connectivity index (χ0v) is 14.3. The number of nitrogens with zero attached hydrogens (tertiary/aromatic N) is 1. The zero-order valence-electron chi connectivity index (χ0n) is 13.5. The Morgan fingerprint density at radius 3 is 3.09 bits per heavy atom. The van der Waals surface area contributed by atoms with Gasteiger partial charge >= 0.3 is 0 Å². The lowest BCUT2D eigenvalue weighted by Gasteiger charge is -2.35. The highest BCUT2D eigenvalue weighted by atomic mass is 32.1. The van der Waals surface area contributed by atoms with Crippen molar-refractivity contribution in [2.75, 3.05) is 19.6 Å². The number of fused-ring (bicyclic) bond motifs is 1. The molecule has 1 aromatic heterocycles. The molecule has 4 nitrogen and oxygen atoms in total. The molecule has 0 spiro atoms. The van der Waals surface area contributed by atoms with Crippen molar-refractivity contribution in [1.82, 2.24) is 10.2 Å². The van der Waals surface area contributed by atoms with Gasteiger partial charge in [-0.25, -0.2) is 0 Å². The molecule has 2 aromatic rings. The molecule has 1 amide bonds. The number of amides is 1. The molecule has 1 aliphatic heterocycles. The summed E-state index contributed by atoms with van der Waals surface area (Å²) in [7, 11) is 0. The molecule has 124 valence electrons. The largest absolute Gasteiger partial charge is 0.354 e. The summed E-state index contributed by atoms with van der Waals surface area (Å²) in [5.74, 6) is 0.0685. The van der Waals surface area contributed by atoms with Crippen molar-refractivity contribution in [3.63, 3.8) is 0 Å². The van der Waals surface area contributed by atoms with Gasteiger partial charge in [0.1, 0.15) is 0 Å². The Hall–Kier alpha value is -1.43. The van der Waals surface area contributed by atoms with E-state index in [2.05, 4.69) is 39.9 Å². The van der Waals surface area contributed by atoms with E-state index in [0.29, 0.717) is 19.0 Å². The predicted molar refractivity (Wildman–Crippen MR) is 96.6 cm³/mol. The molecular weight excluding hydrogens is 306 g/mol. The number of piperidine rings is 1. The number of nitrogens with two attached hydrogens (primary N) is 1. The first kappa shape index (κ1) is 16.4. The van der Waals surface area contributed by atoms with Gasteiger partial charge in [-0.15, -0.1) is 11.3 Å². The van der Waals surface area contributed by atoms with Crippen molar-refractivity contribution in [3.05, 3.63) is 35.2 Å². The van der Waals surface area contributed by atoms with Crippen molar-refractivity contribution in [2.45, 2.75) is 38.3 Å². The fourth-order valence-corrected chi connectivity index (χ4v) is 4.28. The van der Waals surface area contributed by atoms with E-state index in [9.17, 15) is 4.79 Å². The summed E-state index contributed by atoms with van der Waals surface area (Å²) in [6.07, 6.45) is 4.07. The Morgan fingerprint density at radius 1 is 1.35 bits per heavy atom. The first-order valence-corrected chi connectivity index (χ1v) is 9.32. The van der Waals surface area contributed by atoms with E-state index in [1.165, 1.54) is 28.5 Å². The Bertz CT molecular complexity index is 655. The second kappa shape index (κ2) is 7.90. The normalized spacial score (nSPS) is 19.1. The van der Waals surface area contributed by atoms with Gasteiger partial charge in [0.15, 0.2) is 0 Å². The fourth-order valence-electron chi connectivity index (χ4n) is 3.32. The molecule has 1 aliphatic rings. The number of likely N-dealkylation sites (tertiary alicyclic amines) is 1. The molecule has 3 N–H and O–H groups in total. The van der Waals surface area contributed by atoms with Gasteiger partial charge in [0.25, 0.3) is 0 Å².